The summed E-state index contributed by atoms with van der Waals surface area (Å²) in [5.74, 6) is 1.84. The number of aliphatic imine (C=N–C) groups is 1. The summed E-state index contributed by atoms with van der Waals surface area (Å²) in [6, 6.07) is 19.1. The third kappa shape index (κ3) is 5.81. The molecule has 1 saturated heterocycles. The fourth-order valence-corrected chi connectivity index (χ4v) is 4.54. The molecule has 6 nitrogen and oxygen atoms in total. The zero-order chi connectivity index (χ0) is 22.2. The van der Waals surface area contributed by atoms with Crippen LogP contribution in [-0.2, 0) is 11.2 Å². The van der Waals surface area contributed by atoms with Gasteiger partial charge in [0.05, 0.1) is 13.1 Å². The van der Waals surface area contributed by atoms with Crippen LogP contribution in [0.5, 0.6) is 5.75 Å². The topological polar surface area (TPSA) is 66.9 Å². The first kappa shape index (κ1) is 22.6. The lowest BCUT2D eigenvalue weighted by atomic mass is 9.88. The minimum Gasteiger partial charge on any atom is -0.488 e. The van der Waals surface area contributed by atoms with Crippen molar-refractivity contribution in [3.8, 4) is 5.75 Å². The van der Waals surface area contributed by atoms with Gasteiger partial charge in [-0.05, 0) is 43.9 Å². The number of benzene rings is 2. The number of ether oxygens (including phenoxy) is 2. The molecular formula is C26H36N4O2. The van der Waals surface area contributed by atoms with Crippen molar-refractivity contribution >= 4 is 5.96 Å². The van der Waals surface area contributed by atoms with Crippen molar-refractivity contribution in [1.29, 1.82) is 0 Å². The number of nitrogens with one attached hydrogen (secondary N) is 3. The molecule has 3 N–H and O–H groups in total. The van der Waals surface area contributed by atoms with Gasteiger partial charge in [0.25, 0.3) is 0 Å². The fraction of sp³-hybridized carbons (Fsp3) is 0.500. The first-order valence-electron chi connectivity index (χ1n) is 11.8. The van der Waals surface area contributed by atoms with Crippen LogP contribution < -0.4 is 20.7 Å². The molecule has 2 aliphatic rings. The molecule has 0 aromatic heterocycles. The summed E-state index contributed by atoms with van der Waals surface area (Å²) in [5, 5.41) is 10.8. The van der Waals surface area contributed by atoms with Crippen LogP contribution in [0.2, 0.25) is 0 Å². The van der Waals surface area contributed by atoms with Gasteiger partial charge in [-0.1, -0.05) is 48.5 Å². The minimum atomic E-state index is -0.0735. The Kier molecular flexibility index (Phi) is 7.66. The quantitative estimate of drug-likeness (QED) is 0.437. The average Bonchev–Trinajstić information content (AvgIpc) is 3.25. The summed E-state index contributed by atoms with van der Waals surface area (Å²) >= 11 is 0. The fourth-order valence-electron chi connectivity index (χ4n) is 4.54. The summed E-state index contributed by atoms with van der Waals surface area (Å²) in [7, 11) is 0. The highest BCUT2D eigenvalue weighted by Crippen LogP contribution is 2.28. The Morgan fingerprint density at radius 1 is 1.06 bits per heavy atom. The van der Waals surface area contributed by atoms with E-state index in [1.165, 1.54) is 11.1 Å². The highest BCUT2D eigenvalue weighted by Gasteiger charge is 2.34. The highest BCUT2D eigenvalue weighted by molar-refractivity contribution is 5.79. The summed E-state index contributed by atoms with van der Waals surface area (Å²) < 4.78 is 11.8. The molecule has 2 aliphatic heterocycles. The van der Waals surface area contributed by atoms with Gasteiger partial charge in [0.15, 0.2) is 5.96 Å². The zero-order valence-electron chi connectivity index (χ0n) is 19.3. The van der Waals surface area contributed by atoms with Crippen LogP contribution in [0, 0.1) is 0 Å². The van der Waals surface area contributed by atoms with Crippen LogP contribution in [0.25, 0.3) is 0 Å². The molecule has 0 spiro atoms. The summed E-state index contributed by atoms with van der Waals surface area (Å²) in [5.41, 5.74) is 2.50. The molecule has 2 heterocycles. The highest BCUT2D eigenvalue weighted by atomic mass is 16.5. The normalized spacial score (nSPS) is 20.8. The number of fused-ring (bicyclic) bond motifs is 1. The number of para-hydroxylation sites is 1. The van der Waals surface area contributed by atoms with Crippen molar-refractivity contribution in [2.75, 3.05) is 32.8 Å². The molecule has 0 saturated carbocycles. The van der Waals surface area contributed by atoms with Gasteiger partial charge in [-0.25, -0.2) is 0 Å². The lowest BCUT2D eigenvalue weighted by Gasteiger charge is -2.39. The molecule has 0 amide bonds. The minimum absolute atomic E-state index is 0.0735. The molecule has 6 heteroatoms. The second-order valence-electron chi connectivity index (χ2n) is 8.80. The second-order valence-corrected chi connectivity index (χ2v) is 8.80. The SMILES string of the molecule is CCNC(=NCC1(NC(C)c2ccccc2)CCOCC1)NCC1Cc2ccccc2O1. The Balaban J connectivity index is 1.39. The number of rotatable bonds is 8. The van der Waals surface area contributed by atoms with Gasteiger partial charge in [0.1, 0.15) is 11.9 Å². The lowest BCUT2D eigenvalue weighted by molar-refractivity contribution is 0.0374. The maximum absolute atomic E-state index is 6.08. The largest absolute Gasteiger partial charge is 0.488 e. The zero-order valence-corrected chi connectivity index (χ0v) is 19.3. The third-order valence-corrected chi connectivity index (χ3v) is 6.37. The predicted octanol–water partition coefficient (Wildman–Crippen LogP) is 3.45. The molecule has 2 aromatic rings. The first-order chi connectivity index (χ1) is 15.7. The standard InChI is InChI=1S/C26H36N4O2/c1-3-27-25(28-18-23-17-22-11-7-8-12-24(22)32-23)29-19-26(13-15-31-16-14-26)30-20(2)21-9-5-4-6-10-21/h4-12,20,23,30H,3,13-19H2,1-2H3,(H2,27,28,29). The van der Waals surface area contributed by atoms with Crippen LogP contribution in [0.3, 0.4) is 0 Å². The van der Waals surface area contributed by atoms with Crippen LogP contribution in [-0.4, -0.2) is 50.5 Å². The molecule has 2 aromatic carbocycles. The summed E-state index contributed by atoms with van der Waals surface area (Å²) in [6.07, 6.45) is 2.96. The Bertz CT molecular complexity index is 855. The summed E-state index contributed by atoms with van der Waals surface area (Å²) in [4.78, 5) is 4.99. The van der Waals surface area contributed by atoms with Gasteiger partial charge >= 0.3 is 0 Å². The van der Waals surface area contributed by atoms with Gasteiger partial charge in [0.2, 0.25) is 0 Å². The van der Waals surface area contributed by atoms with Gasteiger partial charge in [-0.15, -0.1) is 0 Å². The molecular weight excluding hydrogens is 400 g/mol. The van der Waals surface area contributed by atoms with Crippen molar-refractivity contribution in [2.45, 2.75) is 50.8 Å². The molecule has 172 valence electrons. The van der Waals surface area contributed by atoms with E-state index in [4.69, 9.17) is 14.5 Å². The van der Waals surface area contributed by atoms with E-state index in [2.05, 4.69) is 72.3 Å². The van der Waals surface area contributed by atoms with Crippen LogP contribution in [0.4, 0.5) is 0 Å². The monoisotopic (exact) mass is 436 g/mol. The van der Waals surface area contributed by atoms with Crippen molar-refractivity contribution in [3.05, 3.63) is 65.7 Å². The number of guanidine groups is 1. The number of hydrogen-bond donors (Lipinski definition) is 3. The molecule has 0 radical (unpaired) electrons. The van der Waals surface area contributed by atoms with E-state index < -0.39 is 0 Å². The van der Waals surface area contributed by atoms with E-state index in [1.54, 1.807) is 0 Å². The smallest absolute Gasteiger partial charge is 0.191 e. The van der Waals surface area contributed by atoms with E-state index >= 15 is 0 Å². The maximum Gasteiger partial charge on any atom is 0.191 e. The van der Waals surface area contributed by atoms with Crippen molar-refractivity contribution in [3.63, 3.8) is 0 Å². The van der Waals surface area contributed by atoms with Crippen molar-refractivity contribution < 1.29 is 9.47 Å². The molecule has 0 aliphatic carbocycles. The third-order valence-electron chi connectivity index (χ3n) is 6.37. The van der Waals surface area contributed by atoms with E-state index in [-0.39, 0.29) is 17.7 Å². The number of nitrogens with zero attached hydrogens (tertiary/aromatic N) is 1. The predicted molar refractivity (Wildman–Crippen MR) is 129 cm³/mol. The van der Waals surface area contributed by atoms with Crippen LogP contribution >= 0.6 is 0 Å². The van der Waals surface area contributed by atoms with Gasteiger partial charge in [-0.2, -0.15) is 0 Å². The average molecular weight is 437 g/mol. The molecule has 32 heavy (non-hydrogen) atoms. The second kappa shape index (κ2) is 10.8. The first-order valence-corrected chi connectivity index (χ1v) is 11.8. The van der Waals surface area contributed by atoms with Crippen molar-refractivity contribution in [1.82, 2.24) is 16.0 Å². The van der Waals surface area contributed by atoms with Gasteiger partial charge in [0, 0.05) is 37.8 Å². The van der Waals surface area contributed by atoms with Gasteiger partial charge in [-0.3, -0.25) is 4.99 Å². The van der Waals surface area contributed by atoms with E-state index in [1.807, 2.05) is 12.1 Å². The van der Waals surface area contributed by atoms with Gasteiger partial charge < -0.3 is 25.4 Å². The Morgan fingerprint density at radius 2 is 1.81 bits per heavy atom. The lowest BCUT2D eigenvalue weighted by Crippen LogP contribution is -2.53. The van der Waals surface area contributed by atoms with E-state index in [0.29, 0.717) is 6.54 Å². The molecule has 1 fully saturated rings. The molecule has 2 unspecified atom stereocenters. The maximum atomic E-state index is 6.08. The van der Waals surface area contributed by atoms with Crippen LogP contribution in [0.15, 0.2) is 59.6 Å². The molecule has 2 atom stereocenters. The molecule has 4 rings (SSSR count). The summed E-state index contributed by atoms with van der Waals surface area (Å²) in [6.45, 7) is 8.11. The Morgan fingerprint density at radius 3 is 2.56 bits per heavy atom. The van der Waals surface area contributed by atoms with E-state index in [9.17, 15) is 0 Å². The Hall–Kier alpha value is -2.57. The Labute approximate surface area is 191 Å². The number of hydrogen-bond acceptors (Lipinski definition) is 4. The van der Waals surface area contributed by atoms with E-state index in [0.717, 1.165) is 57.3 Å². The molecule has 0 bridgehead atoms. The van der Waals surface area contributed by atoms with Crippen molar-refractivity contribution in [2.24, 2.45) is 4.99 Å². The van der Waals surface area contributed by atoms with Crippen LogP contribution in [0.1, 0.15) is 43.9 Å².